The molecule has 0 saturated carbocycles. The van der Waals surface area contributed by atoms with Crippen LogP contribution in [0, 0.1) is 0 Å². The molecule has 20 heavy (non-hydrogen) atoms. The first-order valence-corrected chi connectivity index (χ1v) is 7.20. The molecule has 1 unspecified atom stereocenters. The summed E-state index contributed by atoms with van der Waals surface area (Å²) >= 11 is 5.94. The van der Waals surface area contributed by atoms with E-state index in [-0.39, 0.29) is 11.4 Å². The molecule has 1 atom stereocenters. The molecule has 112 valence electrons. The molecule has 0 radical (unpaired) electrons. The van der Waals surface area contributed by atoms with Crippen molar-refractivity contribution in [2.75, 3.05) is 49.7 Å². The summed E-state index contributed by atoms with van der Waals surface area (Å²) in [6.45, 7) is 8.15. The largest absolute Gasteiger partial charge is 0.376 e. The number of aromatic nitrogens is 3. The van der Waals surface area contributed by atoms with Gasteiger partial charge >= 0.3 is 0 Å². The molecule has 0 spiro atoms. The van der Waals surface area contributed by atoms with E-state index < -0.39 is 0 Å². The highest BCUT2D eigenvalue weighted by molar-refractivity contribution is 6.28. The fraction of sp³-hybridized carbons (Fsp3) is 0.750. The Bertz CT molecular complexity index is 424. The summed E-state index contributed by atoms with van der Waals surface area (Å²) < 4.78 is 10.9. The highest BCUT2D eigenvalue weighted by Crippen LogP contribution is 2.13. The predicted octanol–water partition coefficient (Wildman–Crippen LogP) is 1.20. The molecule has 1 fully saturated rings. The molecule has 0 aromatic carbocycles. The Morgan fingerprint density at radius 1 is 1.25 bits per heavy atom. The van der Waals surface area contributed by atoms with E-state index in [2.05, 4.69) is 20.3 Å². The molecule has 7 nitrogen and oxygen atoms in total. The van der Waals surface area contributed by atoms with Crippen LogP contribution in [0.15, 0.2) is 0 Å². The normalized spacial score (nSPS) is 18.9. The second kappa shape index (κ2) is 7.56. The average Bonchev–Trinajstić information content (AvgIpc) is 2.47. The van der Waals surface area contributed by atoms with Crippen molar-refractivity contribution in [2.24, 2.45) is 0 Å². The molecule has 2 rings (SSSR count). The first kappa shape index (κ1) is 15.2. The summed E-state index contributed by atoms with van der Waals surface area (Å²) in [5.74, 6) is 1.04. The van der Waals surface area contributed by atoms with Gasteiger partial charge in [-0.3, -0.25) is 0 Å². The monoisotopic (exact) mass is 301 g/mol. The van der Waals surface area contributed by atoms with Gasteiger partial charge in [-0.2, -0.15) is 15.0 Å². The number of rotatable bonds is 6. The van der Waals surface area contributed by atoms with Crippen LogP contribution in [-0.4, -0.2) is 60.5 Å². The van der Waals surface area contributed by atoms with E-state index in [1.807, 2.05) is 18.7 Å². The van der Waals surface area contributed by atoms with Crippen LogP contribution in [0.25, 0.3) is 0 Å². The summed E-state index contributed by atoms with van der Waals surface area (Å²) in [6.07, 6.45) is 0.0104. The third-order valence-corrected chi connectivity index (χ3v) is 3.18. The molecule has 0 bridgehead atoms. The van der Waals surface area contributed by atoms with E-state index in [4.69, 9.17) is 21.1 Å². The van der Waals surface area contributed by atoms with E-state index in [1.165, 1.54) is 0 Å². The van der Waals surface area contributed by atoms with E-state index in [1.54, 1.807) is 0 Å². The van der Waals surface area contributed by atoms with Crippen molar-refractivity contribution in [3.05, 3.63) is 5.28 Å². The standard InChI is InChI=1S/C12H20ClN5O2/c1-3-18(4-2)12-16-10(13)15-11(17-12)14-7-9-8-19-5-6-20-9/h9H,3-8H2,1-2H3,(H,14,15,16,17). The second-order valence-electron chi connectivity index (χ2n) is 4.35. The van der Waals surface area contributed by atoms with Crippen LogP contribution in [0.3, 0.4) is 0 Å². The molecule has 1 aliphatic heterocycles. The molecule has 0 amide bonds. The number of hydrogen-bond acceptors (Lipinski definition) is 7. The lowest BCUT2D eigenvalue weighted by Gasteiger charge is -2.23. The molecule has 1 saturated heterocycles. The van der Waals surface area contributed by atoms with Crippen molar-refractivity contribution in [1.29, 1.82) is 0 Å². The topological polar surface area (TPSA) is 72.4 Å². The predicted molar refractivity (Wildman–Crippen MR) is 77.4 cm³/mol. The summed E-state index contributed by atoms with van der Waals surface area (Å²) in [6, 6.07) is 0. The number of anilines is 2. The third-order valence-electron chi connectivity index (χ3n) is 3.02. The maximum atomic E-state index is 5.94. The van der Waals surface area contributed by atoms with Crippen LogP contribution in [0.4, 0.5) is 11.9 Å². The second-order valence-corrected chi connectivity index (χ2v) is 4.69. The molecule has 8 heteroatoms. The summed E-state index contributed by atoms with van der Waals surface area (Å²) in [4.78, 5) is 14.6. The van der Waals surface area contributed by atoms with Gasteiger partial charge in [-0.25, -0.2) is 0 Å². The highest BCUT2D eigenvalue weighted by Gasteiger charge is 2.15. The van der Waals surface area contributed by atoms with Crippen molar-refractivity contribution < 1.29 is 9.47 Å². The minimum atomic E-state index is 0.0104. The van der Waals surface area contributed by atoms with Crippen LogP contribution in [0.2, 0.25) is 5.28 Å². The van der Waals surface area contributed by atoms with Crippen LogP contribution in [0.5, 0.6) is 0 Å². The van der Waals surface area contributed by atoms with Gasteiger partial charge in [0.1, 0.15) is 0 Å². The number of hydrogen-bond donors (Lipinski definition) is 1. The molecule has 1 aliphatic rings. The Morgan fingerprint density at radius 3 is 2.70 bits per heavy atom. The lowest BCUT2D eigenvalue weighted by Crippen LogP contribution is -2.34. The van der Waals surface area contributed by atoms with Crippen molar-refractivity contribution in [3.8, 4) is 0 Å². The van der Waals surface area contributed by atoms with Crippen molar-refractivity contribution in [3.63, 3.8) is 0 Å². The Morgan fingerprint density at radius 2 is 2.05 bits per heavy atom. The van der Waals surface area contributed by atoms with E-state index in [0.29, 0.717) is 38.3 Å². The van der Waals surface area contributed by atoms with Crippen molar-refractivity contribution in [2.45, 2.75) is 20.0 Å². The molecule has 1 aromatic rings. The Hall–Kier alpha value is -1.18. The van der Waals surface area contributed by atoms with Crippen LogP contribution < -0.4 is 10.2 Å². The smallest absolute Gasteiger partial charge is 0.231 e. The first-order valence-electron chi connectivity index (χ1n) is 6.82. The zero-order valence-corrected chi connectivity index (χ0v) is 12.6. The van der Waals surface area contributed by atoms with Gasteiger partial charge in [0.2, 0.25) is 17.2 Å². The SMILES string of the molecule is CCN(CC)c1nc(Cl)nc(NCC2COCCO2)n1. The first-order chi connectivity index (χ1) is 9.72. The maximum absolute atomic E-state index is 5.94. The van der Waals surface area contributed by atoms with Gasteiger partial charge in [-0.05, 0) is 25.4 Å². The maximum Gasteiger partial charge on any atom is 0.231 e. The number of nitrogens with zero attached hydrogens (tertiary/aromatic N) is 4. The van der Waals surface area contributed by atoms with Gasteiger partial charge in [0.15, 0.2) is 0 Å². The lowest BCUT2D eigenvalue weighted by molar-refractivity contribution is -0.0819. The molecular weight excluding hydrogens is 282 g/mol. The summed E-state index contributed by atoms with van der Waals surface area (Å²) in [5, 5.41) is 3.31. The fourth-order valence-electron chi connectivity index (χ4n) is 1.93. The van der Waals surface area contributed by atoms with E-state index >= 15 is 0 Å². The van der Waals surface area contributed by atoms with Crippen molar-refractivity contribution >= 4 is 23.5 Å². The van der Waals surface area contributed by atoms with E-state index in [0.717, 1.165) is 13.1 Å². The molecule has 1 aromatic heterocycles. The number of nitrogens with one attached hydrogen (secondary N) is 1. The van der Waals surface area contributed by atoms with Gasteiger partial charge in [0, 0.05) is 19.6 Å². The Balaban J connectivity index is 1.99. The minimum absolute atomic E-state index is 0.0104. The molecule has 1 N–H and O–H groups in total. The molecule has 2 heterocycles. The lowest BCUT2D eigenvalue weighted by atomic mass is 10.3. The van der Waals surface area contributed by atoms with Gasteiger partial charge < -0.3 is 19.7 Å². The fourth-order valence-corrected chi connectivity index (χ4v) is 2.08. The highest BCUT2D eigenvalue weighted by atomic mass is 35.5. The zero-order valence-electron chi connectivity index (χ0n) is 11.8. The van der Waals surface area contributed by atoms with Gasteiger partial charge in [-0.15, -0.1) is 0 Å². The average molecular weight is 302 g/mol. The Kier molecular flexibility index (Phi) is 5.75. The summed E-state index contributed by atoms with van der Waals surface area (Å²) in [7, 11) is 0. The van der Waals surface area contributed by atoms with Gasteiger partial charge in [0.05, 0.1) is 25.9 Å². The van der Waals surface area contributed by atoms with Crippen molar-refractivity contribution in [1.82, 2.24) is 15.0 Å². The van der Waals surface area contributed by atoms with E-state index in [9.17, 15) is 0 Å². The minimum Gasteiger partial charge on any atom is -0.376 e. The zero-order chi connectivity index (χ0) is 14.4. The number of ether oxygens (including phenoxy) is 2. The van der Waals surface area contributed by atoms with Gasteiger partial charge in [0.25, 0.3) is 0 Å². The van der Waals surface area contributed by atoms with Gasteiger partial charge in [-0.1, -0.05) is 0 Å². The summed E-state index contributed by atoms with van der Waals surface area (Å²) in [5.41, 5.74) is 0. The van der Waals surface area contributed by atoms with Crippen LogP contribution in [-0.2, 0) is 9.47 Å². The van der Waals surface area contributed by atoms with Crippen LogP contribution >= 0.6 is 11.6 Å². The molecular formula is C12H20ClN5O2. The quantitative estimate of drug-likeness (QED) is 0.846. The third kappa shape index (κ3) is 4.16. The number of halogens is 1. The Labute approximate surface area is 123 Å². The molecule has 0 aliphatic carbocycles. The van der Waals surface area contributed by atoms with Crippen LogP contribution in [0.1, 0.15) is 13.8 Å².